The van der Waals surface area contributed by atoms with Gasteiger partial charge in [-0.05, 0) is 65.6 Å². The van der Waals surface area contributed by atoms with Crippen LogP contribution in [0.25, 0.3) is 11.1 Å². The van der Waals surface area contributed by atoms with Crippen LogP contribution in [0.3, 0.4) is 0 Å². The molecule has 1 spiro atoms. The zero-order chi connectivity index (χ0) is 27.8. The summed E-state index contributed by atoms with van der Waals surface area (Å²) >= 11 is 6.27. The first-order chi connectivity index (χ1) is 18.5. The lowest BCUT2D eigenvalue weighted by atomic mass is 9.76. The topological polar surface area (TPSA) is 148 Å². The summed E-state index contributed by atoms with van der Waals surface area (Å²) in [5.74, 6) is 0.266. The molecule has 10 nitrogen and oxygen atoms in total. The fraction of sp³-hybridized carbons (Fsp3) is 0.370. The van der Waals surface area contributed by atoms with Gasteiger partial charge in [0.1, 0.15) is 18.5 Å². The number of ether oxygens (including phenoxy) is 1. The summed E-state index contributed by atoms with van der Waals surface area (Å²) in [5.41, 5.74) is 8.26. The number of carbonyl (C=O) groups is 1. The number of piperidine rings is 1. The highest BCUT2D eigenvalue weighted by Gasteiger charge is 2.43. The molecule has 0 aliphatic carbocycles. The fourth-order valence-electron chi connectivity index (χ4n) is 5.34. The van der Waals surface area contributed by atoms with Crippen molar-refractivity contribution in [2.24, 2.45) is 5.41 Å². The van der Waals surface area contributed by atoms with E-state index in [1.165, 1.54) is 6.26 Å². The van der Waals surface area contributed by atoms with Crippen LogP contribution in [0.4, 0.5) is 11.8 Å². The molecule has 1 aromatic heterocycles. The molecule has 0 saturated carbocycles. The Balaban J connectivity index is 1.31. The number of hydrogen-bond acceptors (Lipinski definition) is 9. The van der Waals surface area contributed by atoms with Gasteiger partial charge in [-0.15, -0.1) is 0 Å². The lowest BCUT2D eigenvalue weighted by Gasteiger charge is -2.39. The molecule has 39 heavy (non-hydrogen) atoms. The lowest BCUT2D eigenvalue weighted by Crippen LogP contribution is -2.41. The summed E-state index contributed by atoms with van der Waals surface area (Å²) in [4.78, 5) is 22.4. The molecule has 1 unspecified atom stereocenters. The van der Waals surface area contributed by atoms with Gasteiger partial charge in [0.05, 0.1) is 4.90 Å². The molecule has 5 rings (SSSR count). The molecule has 2 saturated heterocycles. The molecular weight excluding hydrogens is 542 g/mol. The fourth-order valence-corrected chi connectivity index (χ4v) is 6.18. The molecule has 2 aromatic carbocycles. The first-order valence-electron chi connectivity index (χ1n) is 12.6. The number of aromatic nitrogens is 2. The summed E-state index contributed by atoms with van der Waals surface area (Å²) in [7, 11) is -3.38. The zero-order valence-corrected chi connectivity index (χ0v) is 23.0. The highest BCUT2D eigenvalue weighted by atomic mass is 35.5. The van der Waals surface area contributed by atoms with E-state index < -0.39 is 21.8 Å². The van der Waals surface area contributed by atoms with E-state index in [0.717, 1.165) is 37.1 Å². The van der Waals surface area contributed by atoms with Crippen LogP contribution in [-0.2, 0) is 21.2 Å². The van der Waals surface area contributed by atoms with Crippen molar-refractivity contribution in [2.75, 3.05) is 36.5 Å². The number of nitrogens with zero attached hydrogens (tertiary/aromatic N) is 3. The highest BCUT2D eigenvalue weighted by Crippen LogP contribution is 2.40. The number of nitrogen functional groups attached to an aromatic ring is 1. The van der Waals surface area contributed by atoms with Gasteiger partial charge < -0.3 is 25.8 Å². The van der Waals surface area contributed by atoms with E-state index in [1.54, 1.807) is 36.4 Å². The van der Waals surface area contributed by atoms with E-state index in [-0.39, 0.29) is 22.9 Å². The molecule has 0 amide bonds. The third-order valence-corrected chi connectivity index (χ3v) is 8.88. The third kappa shape index (κ3) is 6.10. The molecule has 2 aliphatic rings. The SMILES string of the molecule is CS(=O)(=O)c1cccc(-c2cc(Cl)ccc2COc2cc(N3CCC4(CC3)CNC(C(=O)O)C4)nc(N)n2)c1. The number of nitrogens with two attached hydrogens (primary N) is 1. The minimum atomic E-state index is -3.38. The molecule has 0 radical (unpaired) electrons. The molecule has 2 aliphatic heterocycles. The number of hydrogen-bond donors (Lipinski definition) is 3. The molecule has 3 aromatic rings. The van der Waals surface area contributed by atoms with Crippen molar-refractivity contribution in [2.45, 2.75) is 36.8 Å². The van der Waals surface area contributed by atoms with Crippen LogP contribution in [0.15, 0.2) is 53.4 Å². The van der Waals surface area contributed by atoms with Crippen LogP contribution in [0.5, 0.6) is 5.88 Å². The van der Waals surface area contributed by atoms with Gasteiger partial charge in [0.25, 0.3) is 0 Å². The standard InChI is InChI=1S/C27H30ClN5O5S/c1-39(36,37)20-4-2-3-17(11-20)21-12-19(28)6-5-18(21)15-38-24-13-23(31-26(29)32-24)33-9-7-27(8-10-33)14-22(25(34)35)30-16-27/h2-6,11-13,22,30H,7-10,14-16H2,1H3,(H,34,35)(H2,29,31,32). The second-order valence-corrected chi connectivity index (χ2v) is 12.7. The van der Waals surface area contributed by atoms with Crippen LogP contribution in [-0.4, -0.2) is 61.4 Å². The number of anilines is 2. The maximum Gasteiger partial charge on any atom is 0.320 e. The van der Waals surface area contributed by atoms with E-state index in [9.17, 15) is 18.3 Å². The summed E-state index contributed by atoms with van der Waals surface area (Å²) in [6, 6.07) is 13.3. The molecule has 1 atom stereocenters. The summed E-state index contributed by atoms with van der Waals surface area (Å²) in [6.45, 7) is 2.30. The van der Waals surface area contributed by atoms with E-state index in [0.29, 0.717) is 35.2 Å². The number of rotatable bonds is 7. The maximum atomic E-state index is 12.1. The monoisotopic (exact) mass is 571 g/mol. The van der Waals surface area contributed by atoms with Crippen molar-refractivity contribution in [3.63, 3.8) is 0 Å². The van der Waals surface area contributed by atoms with Crippen molar-refractivity contribution in [1.82, 2.24) is 15.3 Å². The van der Waals surface area contributed by atoms with Gasteiger partial charge in [0.2, 0.25) is 11.8 Å². The zero-order valence-electron chi connectivity index (χ0n) is 21.4. The second-order valence-electron chi connectivity index (χ2n) is 10.3. The maximum absolute atomic E-state index is 12.1. The number of carboxylic acids is 1. The van der Waals surface area contributed by atoms with E-state index >= 15 is 0 Å². The Hall–Kier alpha value is -3.41. The smallest absolute Gasteiger partial charge is 0.320 e. The molecule has 4 N–H and O–H groups in total. The molecule has 206 valence electrons. The van der Waals surface area contributed by atoms with Gasteiger partial charge >= 0.3 is 5.97 Å². The average molecular weight is 572 g/mol. The summed E-state index contributed by atoms with van der Waals surface area (Å²) in [5, 5.41) is 13.0. The van der Waals surface area contributed by atoms with Crippen LogP contribution < -0.4 is 20.7 Å². The van der Waals surface area contributed by atoms with Gasteiger partial charge in [-0.25, -0.2) is 8.42 Å². The largest absolute Gasteiger partial charge is 0.480 e. The van der Waals surface area contributed by atoms with Gasteiger partial charge in [-0.1, -0.05) is 29.8 Å². The summed E-state index contributed by atoms with van der Waals surface area (Å²) < 4.78 is 30.2. The number of carboxylic acid groups (broad SMARTS) is 1. The van der Waals surface area contributed by atoms with Crippen LogP contribution in [0, 0.1) is 5.41 Å². The minimum absolute atomic E-state index is 0.0170. The Morgan fingerprint density at radius 3 is 2.67 bits per heavy atom. The first-order valence-corrected chi connectivity index (χ1v) is 14.9. The minimum Gasteiger partial charge on any atom is -0.480 e. The number of aliphatic carboxylic acids is 1. The number of benzene rings is 2. The molecule has 0 bridgehead atoms. The number of halogens is 1. The second kappa shape index (κ2) is 10.6. The van der Waals surface area contributed by atoms with Crippen molar-refractivity contribution < 1.29 is 23.1 Å². The Labute approximate surface area is 232 Å². The van der Waals surface area contributed by atoms with Gasteiger partial charge in [-0.2, -0.15) is 9.97 Å². The van der Waals surface area contributed by atoms with Crippen molar-refractivity contribution in [1.29, 1.82) is 0 Å². The van der Waals surface area contributed by atoms with Crippen molar-refractivity contribution >= 4 is 39.2 Å². The average Bonchev–Trinajstić information content (AvgIpc) is 3.31. The number of sulfone groups is 1. The Morgan fingerprint density at radius 2 is 1.97 bits per heavy atom. The molecule has 12 heteroatoms. The predicted molar refractivity (Wildman–Crippen MR) is 149 cm³/mol. The van der Waals surface area contributed by atoms with Crippen LogP contribution in [0.1, 0.15) is 24.8 Å². The van der Waals surface area contributed by atoms with E-state index in [2.05, 4.69) is 20.2 Å². The normalized spacial score (nSPS) is 18.8. The van der Waals surface area contributed by atoms with Crippen LogP contribution in [0.2, 0.25) is 5.02 Å². The van der Waals surface area contributed by atoms with Crippen molar-refractivity contribution in [3.8, 4) is 17.0 Å². The van der Waals surface area contributed by atoms with Gasteiger partial charge in [-0.3, -0.25) is 4.79 Å². The molecular formula is C27H30ClN5O5S. The Kier molecular flexibility index (Phi) is 7.41. The third-order valence-electron chi connectivity index (χ3n) is 7.53. The quantitative estimate of drug-likeness (QED) is 0.385. The van der Waals surface area contributed by atoms with Crippen molar-refractivity contribution in [3.05, 3.63) is 59.1 Å². The van der Waals surface area contributed by atoms with Gasteiger partial charge in [0, 0.05) is 37.0 Å². The van der Waals surface area contributed by atoms with E-state index in [1.807, 2.05) is 12.1 Å². The van der Waals surface area contributed by atoms with E-state index in [4.69, 9.17) is 22.1 Å². The van der Waals surface area contributed by atoms with Crippen LogP contribution >= 0.6 is 11.6 Å². The molecule has 2 fully saturated rings. The summed E-state index contributed by atoms with van der Waals surface area (Å²) in [6.07, 6.45) is 3.51. The van der Waals surface area contributed by atoms with Gasteiger partial charge in [0.15, 0.2) is 9.84 Å². The lowest BCUT2D eigenvalue weighted by molar-refractivity contribution is -0.139. The first kappa shape index (κ1) is 27.2. The Bertz CT molecular complexity index is 1510. The highest BCUT2D eigenvalue weighted by molar-refractivity contribution is 7.90. The number of nitrogens with one attached hydrogen (secondary N) is 1. The Morgan fingerprint density at radius 1 is 1.21 bits per heavy atom. The molecule has 3 heterocycles. The predicted octanol–water partition coefficient (Wildman–Crippen LogP) is 3.39.